The summed E-state index contributed by atoms with van der Waals surface area (Å²) >= 11 is 0. The van der Waals surface area contributed by atoms with Crippen LogP contribution < -0.4 is 15.3 Å². The summed E-state index contributed by atoms with van der Waals surface area (Å²) in [7, 11) is -2.23. The van der Waals surface area contributed by atoms with Gasteiger partial charge in [-0.25, -0.2) is 13.8 Å². The predicted octanol–water partition coefficient (Wildman–Crippen LogP) is 2.58. The molecule has 0 fully saturated rings. The molecule has 0 unspecified atom stereocenters. The normalized spacial score (nSPS) is 11.4. The lowest BCUT2D eigenvalue weighted by molar-refractivity contribution is 0.371. The van der Waals surface area contributed by atoms with E-state index in [0.29, 0.717) is 22.9 Å². The molecule has 30 heavy (non-hydrogen) atoms. The minimum atomic E-state index is -3.82. The van der Waals surface area contributed by atoms with Gasteiger partial charge < -0.3 is 23.9 Å². The van der Waals surface area contributed by atoms with Crippen molar-refractivity contribution in [1.29, 1.82) is 0 Å². The van der Waals surface area contributed by atoms with Crippen molar-refractivity contribution in [3.05, 3.63) is 64.1 Å². The van der Waals surface area contributed by atoms with Gasteiger partial charge in [0.15, 0.2) is 11.6 Å². The third-order valence-corrected chi connectivity index (χ3v) is 5.88. The number of nitrogens with zero attached hydrogens (tertiary/aromatic N) is 3. The molecule has 0 saturated heterocycles. The van der Waals surface area contributed by atoms with Crippen molar-refractivity contribution in [2.24, 2.45) is 7.05 Å². The molecular formula is C19H20F2N4O4Si. The lowest BCUT2D eigenvalue weighted by Gasteiger charge is -2.18. The van der Waals surface area contributed by atoms with E-state index in [9.17, 15) is 23.2 Å². The van der Waals surface area contributed by atoms with Gasteiger partial charge in [0, 0.05) is 42.5 Å². The number of benzene rings is 1. The summed E-state index contributed by atoms with van der Waals surface area (Å²) in [4.78, 5) is 42.9. The molecule has 3 N–H and O–H groups in total. The van der Waals surface area contributed by atoms with Crippen molar-refractivity contribution in [3.63, 3.8) is 0 Å². The van der Waals surface area contributed by atoms with Crippen LogP contribution in [-0.2, 0) is 7.05 Å². The molecule has 0 atom stereocenters. The standard InChI is InChI=1S/C19H20F2N4O4Si/c1-4-30(27,28)24-19-22-15(12-7-11(2)18(26)25(3)10-12)9-17(23-19)29-16-6-5-13(20)8-14(16)21/h5-10,27-28H,4H2,1-3H3,(H,22,23,24). The second kappa shape index (κ2) is 8.30. The number of ether oxygens (including phenoxy) is 1. The Morgan fingerprint density at radius 2 is 1.93 bits per heavy atom. The fourth-order valence-electron chi connectivity index (χ4n) is 2.64. The van der Waals surface area contributed by atoms with Crippen molar-refractivity contribution in [2.45, 2.75) is 19.9 Å². The number of aromatic nitrogens is 3. The fourth-order valence-corrected chi connectivity index (χ4v) is 3.28. The number of halogens is 2. The Hall–Kier alpha value is -3.15. The zero-order valence-corrected chi connectivity index (χ0v) is 17.5. The first-order valence-electron chi connectivity index (χ1n) is 9.00. The van der Waals surface area contributed by atoms with Gasteiger partial charge in [-0.1, -0.05) is 6.92 Å². The van der Waals surface area contributed by atoms with E-state index in [0.717, 1.165) is 12.1 Å². The Balaban J connectivity index is 2.10. The molecule has 1 aromatic carbocycles. The first-order chi connectivity index (χ1) is 14.1. The summed E-state index contributed by atoms with van der Waals surface area (Å²) in [5.74, 6) is -2.21. The summed E-state index contributed by atoms with van der Waals surface area (Å²) in [5, 5.41) is 0. The Morgan fingerprint density at radius 3 is 2.57 bits per heavy atom. The monoisotopic (exact) mass is 434 g/mol. The second-order valence-corrected chi connectivity index (χ2v) is 9.31. The molecule has 2 heterocycles. The maximum atomic E-state index is 14.0. The van der Waals surface area contributed by atoms with Crippen LogP contribution in [0.4, 0.5) is 14.7 Å². The topological polar surface area (TPSA) is 110 Å². The number of anilines is 1. The van der Waals surface area contributed by atoms with Gasteiger partial charge in [-0.3, -0.25) is 4.79 Å². The smallest absolute Gasteiger partial charge is 0.436 e. The first-order valence-corrected chi connectivity index (χ1v) is 11.1. The van der Waals surface area contributed by atoms with Crippen LogP contribution in [0, 0.1) is 18.6 Å². The predicted molar refractivity (Wildman–Crippen MR) is 108 cm³/mol. The van der Waals surface area contributed by atoms with Gasteiger partial charge in [-0.2, -0.15) is 4.98 Å². The van der Waals surface area contributed by atoms with Gasteiger partial charge in [0.25, 0.3) is 5.56 Å². The zero-order valence-electron chi connectivity index (χ0n) is 16.5. The van der Waals surface area contributed by atoms with Gasteiger partial charge in [0.2, 0.25) is 11.8 Å². The molecular weight excluding hydrogens is 414 g/mol. The van der Waals surface area contributed by atoms with E-state index in [4.69, 9.17) is 4.74 Å². The quantitative estimate of drug-likeness (QED) is 0.512. The third-order valence-electron chi connectivity index (χ3n) is 4.27. The van der Waals surface area contributed by atoms with Crippen molar-refractivity contribution < 1.29 is 23.1 Å². The number of hydrogen-bond donors (Lipinski definition) is 3. The molecule has 11 heteroatoms. The molecule has 0 amide bonds. The lowest BCUT2D eigenvalue weighted by Crippen LogP contribution is -2.44. The number of hydrogen-bond acceptors (Lipinski definition) is 7. The minimum Gasteiger partial charge on any atom is -0.436 e. The summed E-state index contributed by atoms with van der Waals surface area (Å²) in [6, 6.07) is 5.88. The largest absolute Gasteiger partial charge is 0.453 e. The van der Waals surface area contributed by atoms with E-state index < -0.39 is 20.4 Å². The Kier molecular flexibility index (Phi) is 5.96. The number of pyridine rings is 1. The Labute approximate surface area is 171 Å². The third kappa shape index (κ3) is 4.87. The highest BCUT2D eigenvalue weighted by atomic mass is 28.4. The van der Waals surface area contributed by atoms with Crippen LogP contribution >= 0.6 is 0 Å². The van der Waals surface area contributed by atoms with Crippen molar-refractivity contribution in [2.75, 3.05) is 4.98 Å². The molecule has 0 aliphatic rings. The highest BCUT2D eigenvalue weighted by molar-refractivity contribution is 6.67. The molecule has 158 valence electrons. The minimum absolute atomic E-state index is 0.0579. The van der Waals surface area contributed by atoms with Crippen molar-refractivity contribution >= 4 is 14.7 Å². The molecule has 0 radical (unpaired) electrons. The van der Waals surface area contributed by atoms with Gasteiger partial charge in [-0.15, -0.1) is 0 Å². The maximum Gasteiger partial charge on any atom is 0.453 e. The first kappa shape index (κ1) is 21.6. The number of rotatable bonds is 6. The molecule has 0 saturated carbocycles. The van der Waals surface area contributed by atoms with E-state index >= 15 is 0 Å². The van der Waals surface area contributed by atoms with Crippen LogP contribution in [-0.4, -0.2) is 32.8 Å². The average Bonchev–Trinajstić information content (AvgIpc) is 2.67. The molecule has 0 bridgehead atoms. The van der Waals surface area contributed by atoms with Crippen LogP contribution in [0.25, 0.3) is 11.3 Å². The van der Waals surface area contributed by atoms with Gasteiger partial charge in [-0.05, 0) is 25.1 Å². The molecule has 3 aromatic rings. The highest BCUT2D eigenvalue weighted by Gasteiger charge is 2.29. The SMILES string of the molecule is CC[Si](O)(O)Nc1nc(Oc2ccc(F)cc2F)cc(-c2cc(C)c(=O)n(C)c2)n1. The van der Waals surface area contributed by atoms with E-state index in [1.54, 1.807) is 33.2 Å². The molecule has 3 rings (SSSR count). The molecule has 0 aliphatic carbocycles. The zero-order chi connectivity index (χ0) is 22.1. The maximum absolute atomic E-state index is 14.0. The van der Waals surface area contributed by atoms with Crippen LogP contribution in [0.2, 0.25) is 6.04 Å². The molecule has 2 aromatic heterocycles. The van der Waals surface area contributed by atoms with Crippen LogP contribution in [0.3, 0.4) is 0 Å². The number of nitrogens with one attached hydrogen (secondary N) is 1. The van der Waals surface area contributed by atoms with Gasteiger partial charge in [0.05, 0.1) is 5.69 Å². The summed E-state index contributed by atoms with van der Waals surface area (Å²) < 4.78 is 34.0. The van der Waals surface area contributed by atoms with Gasteiger partial charge in [0.1, 0.15) is 5.82 Å². The average molecular weight is 434 g/mol. The molecule has 8 nitrogen and oxygen atoms in total. The summed E-state index contributed by atoms with van der Waals surface area (Å²) in [6.45, 7) is 3.23. The van der Waals surface area contributed by atoms with E-state index in [2.05, 4.69) is 15.0 Å². The van der Waals surface area contributed by atoms with Gasteiger partial charge >= 0.3 is 8.72 Å². The van der Waals surface area contributed by atoms with E-state index in [1.807, 2.05) is 0 Å². The van der Waals surface area contributed by atoms with Crippen molar-refractivity contribution in [3.8, 4) is 22.9 Å². The second-order valence-electron chi connectivity index (χ2n) is 6.71. The van der Waals surface area contributed by atoms with Crippen LogP contribution in [0.5, 0.6) is 11.6 Å². The molecule has 0 spiro atoms. The fraction of sp³-hybridized carbons (Fsp3) is 0.211. The summed E-state index contributed by atoms with van der Waals surface area (Å²) in [6.07, 6.45) is 1.55. The summed E-state index contributed by atoms with van der Waals surface area (Å²) in [5.41, 5.74) is 1.12. The highest BCUT2D eigenvalue weighted by Crippen LogP contribution is 2.28. The van der Waals surface area contributed by atoms with Crippen LogP contribution in [0.15, 0.2) is 41.3 Å². The lowest BCUT2D eigenvalue weighted by atomic mass is 10.1. The van der Waals surface area contributed by atoms with Crippen LogP contribution in [0.1, 0.15) is 12.5 Å². The van der Waals surface area contributed by atoms with E-state index in [-0.39, 0.29) is 29.2 Å². The Bertz CT molecular complexity index is 1130. The molecule has 0 aliphatic heterocycles. The van der Waals surface area contributed by atoms with Crippen molar-refractivity contribution in [1.82, 2.24) is 14.5 Å². The number of aryl methyl sites for hydroxylation is 2. The van der Waals surface area contributed by atoms with E-state index in [1.165, 1.54) is 10.6 Å². The Morgan fingerprint density at radius 1 is 1.20 bits per heavy atom.